The van der Waals surface area contributed by atoms with Crippen LogP contribution >= 0.6 is 0 Å². The maximum atomic E-state index is 5.50. The maximum absolute atomic E-state index is 5.50. The molecule has 0 N–H and O–H groups in total. The summed E-state index contributed by atoms with van der Waals surface area (Å²) in [4.78, 5) is 16.4. The quantitative estimate of drug-likeness (QED) is 0.162. The number of fused-ring (bicyclic) bond motifs is 13. The molecule has 0 radical (unpaired) electrons. The minimum atomic E-state index is 0.566. The van der Waals surface area contributed by atoms with Crippen molar-refractivity contribution >= 4 is 97.5 Å². The number of hydrogen-bond acceptors (Lipinski definition) is 3. The molecule has 3 aromatic heterocycles. The molecule has 0 aliphatic rings. The highest BCUT2D eigenvalue weighted by Gasteiger charge is 2.22. The van der Waals surface area contributed by atoms with Crippen molar-refractivity contribution in [3.8, 4) is 45.5 Å². The summed E-state index contributed by atoms with van der Waals surface area (Å²) >= 11 is 0. The Balaban J connectivity index is 0.954. The molecule has 12 aromatic carbocycles. The van der Waals surface area contributed by atoms with Crippen LogP contribution in [0.5, 0.6) is 0 Å². The molecule has 5 heteroatoms. The van der Waals surface area contributed by atoms with Crippen molar-refractivity contribution in [3.05, 3.63) is 237 Å². The Kier molecular flexibility index (Phi) is 8.29. The predicted molar refractivity (Wildman–Crippen MR) is 292 cm³/mol. The van der Waals surface area contributed by atoms with Gasteiger partial charge in [-0.05, 0) is 126 Å². The molecule has 15 rings (SSSR count). The molecule has 0 fully saturated rings. The minimum Gasteiger partial charge on any atom is -0.309 e. The number of hydrogen-bond donors (Lipinski definition) is 0. The third-order valence-corrected chi connectivity index (χ3v) is 14.5. The molecule has 0 unspecified atom stereocenters. The highest BCUT2D eigenvalue weighted by atomic mass is 15.2. The fourth-order valence-electron chi connectivity index (χ4n) is 11.3. The molecular formula is C65H39N5. The van der Waals surface area contributed by atoms with Crippen molar-refractivity contribution in [2.75, 3.05) is 0 Å². The Hall–Kier alpha value is -9.45. The Morgan fingerprint density at radius 1 is 0.243 bits per heavy atom. The molecule has 0 atom stereocenters. The van der Waals surface area contributed by atoms with E-state index in [1.54, 1.807) is 0 Å². The van der Waals surface area contributed by atoms with Crippen molar-refractivity contribution in [2.45, 2.75) is 0 Å². The van der Waals surface area contributed by atoms with Gasteiger partial charge in [0.15, 0.2) is 11.6 Å². The summed E-state index contributed by atoms with van der Waals surface area (Å²) in [6.45, 7) is 0. The zero-order valence-corrected chi connectivity index (χ0v) is 37.8. The maximum Gasteiger partial charge on any atom is 0.238 e. The molecule has 70 heavy (non-hydrogen) atoms. The lowest BCUT2D eigenvalue weighted by atomic mass is 9.96. The van der Waals surface area contributed by atoms with Gasteiger partial charge in [-0.15, -0.1) is 0 Å². The summed E-state index contributed by atoms with van der Waals surface area (Å²) in [6, 6.07) is 85.3. The summed E-state index contributed by atoms with van der Waals surface area (Å²) in [6.07, 6.45) is 0. The lowest BCUT2D eigenvalue weighted by Gasteiger charge is -2.15. The SMILES string of the molecule is c1ccc2cc(-n3c4ccccc4c4cc(-c5ccc6c(c5)c5ccccc5n6-c5nc(-c6cc7ccccc7c7ccccc67)nc(-c6cc7ccccc7c7ccccc67)n5)ccc43)ccc2c1. The second-order valence-electron chi connectivity index (χ2n) is 18.4. The van der Waals surface area contributed by atoms with Crippen LogP contribution in [0.15, 0.2) is 237 Å². The summed E-state index contributed by atoms with van der Waals surface area (Å²) in [7, 11) is 0. The van der Waals surface area contributed by atoms with Gasteiger partial charge in [0.2, 0.25) is 5.95 Å². The van der Waals surface area contributed by atoms with Crippen LogP contribution in [0.4, 0.5) is 0 Å². The molecule has 3 heterocycles. The molecule has 0 saturated carbocycles. The van der Waals surface area contributed by atoms with Crippen molar-refractivity contribution in [1.29, 1.82) is 0 Å². The molecule has 0 aliphatic carbocycles. The van der Waals surface area contributed by atoms with Crippen LogP contribution < -0.4 is 0 Å². The lowest BCUT2D eigenvalue weighted by Crippen LogP contribution is -2.07. The number of aromatic nitrogens is 5. The van der Waals surface area contributed by atoms with Crippen molar-refractivity contribution in [2.24, 2.45) is 0 Å². The van der Waals surface area contributed by atoms with Crippen LogP contribution in [-0.4, -0.2) is 24.1 Å². The van der Waals surface area contributed by atoms with E-state index in [9.17, 15) is 0 Å². The van der Waals surface area contributed by atoms with Crippen LogP contribution in [0, 0.1) is 0 Å². The first-order valence-corrected chi connectivity index (χ1v) is 23.8. The van der Waals surface area contributed by atoms with Gasteiger partial charge in [0, 0.05) is 38.4 Å². The smallest absolute Gasteiger partial charge is 0.238 e. The van der Waals surface area contributed by atoms with Gasteiger partial charge in [0.25, 0.3) is 0 Å². The van der Waals surface area contributed by atoms with Gasteiger partial charge in [0.05, 0.1) is 22.1 Å². The molecule has 0 saturated heterocycles. The lowest BCUT2D eigenvalue weighted by molar-refractivity contribution is 0.955. The molecule has 324 valence electrons. The second-order valence-corrected chi connectivity index (χ2v) is 18.4. The molecule has 15 aromatic rings. The molecule has 5 nitrogen and oxygen atoms in total. The normalized spacial score (nSPS) is 12.0. The van der Waals surface area contributed by atoms with Crippen LogP contribution in [-0.2, 0) is 0 Å². The van der Waals surface area contributed by atoms with Gasteiger partial charge in [-0.1, -0.05) is 176 Å². The standard InChI is InChI=1S/C65H39N5/c1-2-16-41-35-46(32-29-40(41)15-1)69-59-27-13-11-25-53(59)55-36-42(30-33-61(55)69)43-31-34-62-56(37-43)54-26-12-14-28-60(54)70(62)65-67-63(57-38-44-17-3-5-19-47(44)49-21-7-9-23-51(49)57)66-64(68-65)58-39-45-18-4-6-20-48(45)50-22-8-10-24-52(50)58/h1-39H. The van der Waals surface area contributed by atoms with E-state index in [1.165, 1.54) is 43.4 Å². The van der Waals surface area contributed by atoms with E-state index in [-0.39, 0.29) is 0 Å². The average molecular weight is 890 g/mol. The first-order valence-electron chi connectivity index (χ1n) is 23.8. The van der Waals surface area contributed by atoms with Crippen LogP contribution in [0.3, 0.4) is 0 Å². The number of benzene rings is 12. The monoisotopic (exact) mass is 889 g/mol. The van der Waals surface area contributed by atoms with Gasteiger partial charge in [0.1, 0.15) is 0 Å². The van der Waals surface area contributed by atoms with Crippen LogP contribution in [0.25, 0.3) is 143 Å². The Bertz CT molecular complexity index is 4540. The van der Waals surface area contributed by atoms with Gasteiger partial charge in [-0.2, -0.15) is 9.97 Å². The first-order chi connectivity index (χ1) is 34.7. The second kappa shape index (κ2) is 15.0. The van der Waals surface area contributed by atoms with E-state index in [0.29, 0.717) is 17.6 Å². The summed E-state index contributed by atoms with van der Waals surface area (Å²) in [5.41, 5.74) is 9.79. The molecule has 0 bridgehead atoms. The van der Waals surface area contributed by atoms with E-state index in [4.69, 9.17) is 15.0 Å². The van der Waals surface area contributed by atoms with Crippen molar-refractivity contribution < 1.29 is 0 Å². The third-order valence-electron chi connectivity index (χ3n) is 14.5. The molecule has 0 aliphatic heterocycles. The summed E-state index contributed by atoms with van der Waals surface area (Å²) < 4.78 is 4.63. The minimum absolute atomic E-state index is 0.566. The highest BCUT2D eigenvalue weighted by Crippen LogP contribution is 2.41. The van der Waals surface area contributed by atoms with E-state index < -0.39 is 0 Å². The average Bonchev–Trinajstić information content (AvgIpc) is 3.94. The van der Waals surface area contributed by atoms with E-state index in [0.717, 1.165) is 82.1 Å². The predicted octanol–water partition coefficient (Wildman–Crippen LogP) is 16.8. The zero-order valence-electron chi connectivity index (χ0n) is 37.8. The van der Waals surface area contributed by atoms with Crippen LogP contribution in [0.1, 0.15) is 0 Å². The molecule has 0 amide bonds. The third kappa shape index (κ3) is 5.82. The van der Waals surface area contributed by atoms with Crippen molar-refractivity contribution in [3.63, 3.8) is 0 Å². The number of rotatable bonds is 5. The van der Waals surface area contributed by atoms with Crippen LogP contribution in [0.2, 0.25) is 0 Å². The Morgan fingerprint density at radius 3 is 1.21 bits per heavy atom. The van der Waals surface area contributed by atoms with Gasteiger partial charge in [-0.3, -0.25) is 4.57 Å². The first kappa shape index (κ1) is 38.6. The van der Waals surface area contributed by atoms with Crippen molar-refractivity contribution in [1.82, 2.24) is 24.1 Å². The highest BCUT2D eigenvalue weighted by molar-refractivity contribution is 6.16. The fourth-order valence-corrected chi connectivity index (χ4v) is 11.3. The Labute approximate surface area is 401 Å². The molecular weight excluding hydrogens is 851 g/mol. The van der Waals surface area contributed by atoms with E-state index in [2.05, 4.69) is 246 Å². The van der Waals surface area contributed by atoms with Gasteiger partial charge >= 0.3 is 0 Å². The largest absolute Gasteiger partial charge is 0.309 e. The van der Waals surface area contributed by atoms with Gasteiger partial charge in [-0.25, -0.2) is 4.98 Å². The zero-order chi connectivity index (χ0) is 45.9. The van der Waals surface area contributed by atoms with E-state index in [1.807, 2.05) is 0 Å². The number of para-hydroxylation sites is 2. The Morgan fingerprint density at radius 2 is 0.657 bits per heavy atom. The fraction of sp³-hybridized carbons (Fsp3) is 0. The van der Waals surface area contributed by atoms with Gasteiger partial charge < -0.3 is 4.57 Å². The topological polar surface area (TPSA) is 48.5 Å². The number of nitrogens with zero attached hydrogens (tertiary/aromatic N) is 5. The summed E-state index contributed by atoms with van der Waals surface area (Å²) in [5.74, 6) is 1.81. The summed E-state index contributed by atoms with van der Waals surface area (Å²) in [5, 5.41) is 16.3. The van der Waals surface area contributed by atoms with E-state index >= 15 is 0 Å². The molecule has 0 spiro atoms.